The molecule has 0 amide bonds. The predicted octanol–water partition coefficient (Wildman–Crippen LogP) is 3.35. The number of rotatable bonds is 2. The molecule has 4 nitrogen and oxygen atoms in total. The Morgan fingerprint density at radius 2 is 2.32 bits per heavy atom. The van der Waals surface area contributed by atoms with Crippen LogP contribution in [0.3, 0.4) is 0 Å². The summed E-state index contributed by atoms with van der Waals surface area (Å²) in [6, 6.07) is 5.89. The molecule has 1 aromatic heterocycles. The van der Waals surface area contributed by atoms with Gasteiger partial charge < -0.3 is 10.5 Å². The average Bonchev–Trinajstić information content (AvgIpc) is 2.78. The molecule has 3 rings (SSSR count). The van der Waals surface area contributed by atoms with Crippen LogP contribution >= 0.6 is 0 Å². The van der Waals surface area contributed by atoms with Crippen molar-refractivity contribution in [3.63, 3.8) is 0 Å². The average molecular weight is 257 g/mol. The Hall–Kier alpha value is -1.81. The van der Waals surface area contributed by atoms with E-state index in [0.29, 0.717) is 0 Å². The molecule has 2 N–H and O–H groups in total. The molecule has 1 aromatic carbocycles. The number of aromatic nitrogens is 2. The van der Waals surface area contributed by atoms with Crippen LogP contribution in [0, 0.1) is 0 Å². The Kier molecular flexibility index (Phi) is 3.03. The SMILES string of the molecule is C=C(C)c1nn(C2CCCCO2)c2ccc(N)cc12. The number of ether oxygens (including phenoxy) is 1. The maximum absolute atomic E-state index is 5.88. The van der Waals surface area contributed by atoms with Gasteiger partial charge in [-0.2, -0.15) is 5.10 Å². The molecule has 0 bridgehead atoms. The Morgan fingerprint density at radius 3 is 3.00 bits per heavy atom. The zero-order chi connectivity index (χ0) is 13.4. The molecule has 1 saturated heterocycles. The number of nitrogens with zero attached hydrogens (tertiary/aromatic N) is 2. The monoisotopic (exact) mass is 257 g/mol. The van der Waals surface area contributed by atoms with Gasteiger partial charge in [-0.15, -0.1) is 0 Å². The van der Waals surface area contributed by atoms with Crippen LogP contribution in [0.4, 0.5) is 5.69 Å². The van der Waals surface area contributed by atoms with Gasteiger partial charge in [0.25, 0.3) is 0 Å². The highest BCUT2D eigenvalue weighted by atomic mass is 16.5. The van der Waals surface area contributed by atoms with Crippen LogP contribution in [0.1, 0.15) is 38.1 Å². The van der Waals surface area contributed by atoms with Crippen molar-refractivity contribution in [1.82, 2.24) is 9.78 Å². The first-order chi connectivity index (χ1) is 9.16. The lowest BCUT2D eigenvalue weighted by atomic mass is 10.1. The third-order valence-electron chi connectivity index (χ3n) is 3.56. The van der Waals surface area contributed by atoms with Crippen molar-refractivity contribution in [1.29, 1.82) is 0 Å². The van der Waals surface area contributed by atoms with Gasteiger partial charge in [0.1, 0.15) is 0 Å². The Morgan fingerprint density at radius 1 is 1.47 bits per heavy atom. The number of nitrogen functional groups attached to an aromatic ring is 1. The molecule has 19 heavy (non-hydrogen) atoms. The summed E-state index contributed by atoms with van der Waals surface area (Å²) >= 11 is 0. The fourth-order valence-electron chi connectivity index (χ4n) is 2.61. The maximum Gasteiger partial charge on any atom is 0.150 e. The molecule has 1 aliphatic heterocycles. The number of nitrogens with two attached hydrogens (primary N) is 1. The van der Waals surface area contributed by atoms with Crippen molar-refractivity contribution >= 4 is 22.2 Å². The van der Waals surface area contributed by atoms with Gasteiger partial charge in [-0.05, 0) is 50.0 Å². The minimum absolute atomic E-state index is 0.0352. The zero-order valence-electron chi connectivity index (χ0n) is 11.2. The summed E-state index contributed by atoms with van der Waals surface area (Å²) in [5.41, 5.74) is 9.56. The lowest BCUT2D eigenvalue weighted by molar-refractivity contribution is -0.0367. The van der Waals surface area contributed by atoms with Gasteiger partial charge in [0.2, 0.25) is 0 Å². The van der Waals surface area contributed by atoms with Gasteiger partial charge in [0, 0.05) is 17.7 Å². The van der Waals surface area contributed by atoms with Crippen LogP contribution < -0.4 is 5.73 Å². The highest BCUT2D eigenvalue weighted by Crippen LogP contribution is 2.31. The number of fused-ring (bicyclic) bond motifs is 1. The Labute approximate surface area is 112 Å². The quantitative estimate of drug-likeness (QED) is 0.839. The number of anilines is 1. The Balaban J connectivity index is 2.16. The molecule has 0 aliphatic carbocycles. The molecule has 4 heteroatoms. The lowest BCUT2D eigenvalue weighted by Gasteiger charge is -2.23. The maximum atomic E-state index is 5.88. The van der Waals surface area contributed by atoms with Gasteiger partial charge in [0.15, 0.2) is 6.23 Å². The van der Waals surface area contributed by atoms with Crippen molar-refractivity contribution in [2.24, 2.45) is 0 Å². The third kappa shape index (κ3) is 2.12. The third-order valence-corrected chi connectivity index (χ3v) is 3.56. The first-order valence-electron chi connectivity index (χ1n) is 6.72. The summed E-state index contributed by atoms with van der Waals surface area (Å²) in [7, 11) is 0. The molecule has 100 valence electrons. The van der Waals surface area contributed by atoms with Crippen molar-refractivity contribution in [2.75, 3.05) is 12.3 Å². The van der Waals surface area contributed by atoms with Crippen LogP contribution in [0.15, 0.2) is 24.8 Å². The standard InChI is InChI=1S/C15H19N3O/c1-10(2)15-12-9-11(16)6-7-13(12)18(17-15)14-5-3-4-8-19-14/h6-7,9,14H,1,3-5,8,16H2,2H3. The molecule has 2 heterocycles. The smallest absolute Gasteiger partial charge is 0.150 e. The van der Waals surface area contributed by atoms with E-state index >= 15 is 0 Å². The minimum Gasteiger partial charge on any atom is -0.399 e. The van der Waals surface area contributed by atoms with Crippen LogP contribution in [-0.2, 0) is 4.74 Å². The van der Waals surface area contributed by atoms with E-state index < -0.39 is 0 Å². The van der Waals surface area contributed by atoms with Crippen LogP contribution in [0.2, 0.25) is 0 Å². The number of hydrogen-bond donors (Lipinski definition) is 1. The number of hydrogen-bond acceptors (Lipinski definition) is 3. The molecule has 2 aromatic rings. The first kappa shape index (κ1) is 12.2. The fraction of sp³-hybridized carbons (Fsp3) is 0.400. The molecule has 1 unspecified atom stereocenters. The van der Waals surface area contributed by atoms with Gasteiger partial charge in [-0.1, -0.05) is 6.58 Å². The molecular weight excluding hydrogens is 238 g/mol. The van der Waals surface area contributed by atoms with Gasteiger partial charge in [0.05, 0.1) is 11.2 Å². The second-order valence-electron chi connectivity index (χ2n) is 5.17. The second-order valence-corrected chi connectivity index (χ2v) is 5.17. The predicted molar refractivity (Wildman–Crippen MR) is 77.7 cm³/mol. The van der Waals surface area contributed by atoms with E-state index in [1.807, 2.05) is 29.8 Å². The van der Waals surface area contributed by atoms with E-state index in [9.17, 15) is 0 Å². The molecule has 0 radical (unpaired) electrons. The van der Waals surface area contributed by atoms with Crippen molar-refractivity contribution in [3.05, 3.63) is 30.5 Å². The molecular formula is C15H19N3O. The summed E-state index contributed by atoms with van der Waals surface area (Å²) in [5, 5.41) is 5.75. The fourth-order valence-corrected chi connectivity index (χ4v) is 2.61. The summed E-state index contributed by atoms with van der Waals surface area (Å²) in [4.78, 5) is 0. The number of allylic oxidation sites excluding steroid dienone is 1. The highest BCUT2D eigenvalue weighted by molar-refractivity contribution is 5.92. The lowest BCUT2D eigenvalue weighted by Crippen LogP contribution is -2.19. The van der Waals surface area contributed by atoms with Gasteiger partial charge in [-0.3, -0.25) is 0 Å². The van der Waals surface area contributed by atoms with Gasteiger partial charge in [-0.25, -0.2) is 4.68 Å². The van der Waals surface area contributed by atoms with Crippen molar-refractivity contribution in [3.8, 4) is 0 Å². The van der Waals surface area contributed by atoms with E-state index in [4.69, 9.17) is 15.6 Å². The van der Waals surface area contributed by atoms with E-state index in [1.165, 1.54) is 6.42 Å². The normalized spacial score (nSPS) is 19.7. The van der Waals surface area contributed by atoms with Crippen molar-refractivity contribution in [2.45, 2.75) is 32.4 Å². The molecule has 1 fully saturated rings. The first-order valence-corrected chi connectivity index (χ1v) is 6.72. The number of benzene rings is 1. The van der Waals surface area contributed by atoms with Crippen LogP contribution in [0.25, 0.3) is 16.5 Å². The molecule has 0 saturated carbocycles. The molecule has 0 spiro atoms. The zero-order valence-corrected chi connectivity index (χ0v) is 11.2. The Bertz CT molecular complexity index is 624. The summed E-state index contributed by atoms with van der Waals surface area (Å²) in [6.07, 6.45) is 3.36. The van der Waals surface area contributed by atoms with Crippen molar-refractivity contribution < 1.29 is 4.74 Å². The second kappa shape index (κ2) is 4.70. The minimum atomic E-state index is 0.0352. The summed E-state index contributed by atoms with van der Waals surface area (Å²) in [6.45, 7) is 6.78. The van der Waals surface area contributed by atoms with E-state index in [-0.39, 0.29) is 6.23 Å². The van der Waals surface area contributed by atoms with Gasteiger partial charge >= 0.3 is 0 Å². The summed E-state index contributed by atoms with van der Waals surface area (Å²) in [5.74, 6) is 0. The van der Waals surface area contributed by atoms with Crippen LogP contribution in [-0.4, -0.2) is 16.4 Å². The molecule has 1 atom stereocenters. The highest BCUT2D eigenvalue weighted by Gasteiger charge is 2.21. The van der Waals surface area contributed by atoms with Crippen LogP contribution in [0.5, 0.6) is 0 Å². The topological polar surface area (TPSA) is 53.1 Å². The van der Waals surface area contributed by atoms with E-state index in [0.717, 1.165) is 47.3 Å². The molecule has 1 aliphatic rings. The largest absolute Gasteiger partial charge is 0.399 e. The van der Waals surface area contributed by atoms with E-state index in [2.05, 4.69) is 6.58 Å². The summed E-state index contributed by atoms with van der Waals surface area (Å²) < 4.78 is 7.82. The van der Waals surface area contributed by atoms with E-state index in [1.54, 1.807) is 0 Å².